The molecule has 1 saturated heterocycles. The van der Waals surface area contributed by atoms with E-state index in [0.29, 0.717) is 56.2 Å². The molecule has 12 N–H and O–H groups in total. The van der Waals surface area contributed by atoms with Crippen LogP contribution in [0.1, 0.15) is 170 Å². The van der Waals surface area contributed by atoms with Crippen molar-refractivity contribution in [3.63, 3.8) is 0 Å². The smallest absolute Gasteiger partial charge is 0.410 e. The molecule has 1 fully saturated rings. The molecule has 2 aromatic rings. The lowest BCUT2D eigenvalue weighted by Gasteiger charge is -2.41. The zero-order chi connectivity index (χ0) is 82.9. The summed E-state index contributed by atoms with van der Waals surface area (Å²) in [6.07, 6.45) is 0.852. The largest absolute Gasteiger partial charge is 0.481 e. The number of unbranched alkanes of at least 4 members (excludes halogenated alkanes) is 2. The van der Waals surface area contributed by atoms with Crippen molar-refractivity contribution in [2.75, 3.05) is 72.9 Å². The van der Waals surface area contributed by atoms with Crippen LogP contribution in [0.3, 0.4) is 0 Å². The summed E-state index contributed by atoms with van der Waals surface area (Å²) >= 11 is 0. The summed E-state index contributed by atoms with van der Waals surface area (Å²) < 4.78 is 17.8. The minimum Gasteiger partial charge on any atom is -0.481 e. The summed E-state index contributed by atoms with van der Waals surface area (Å²) in [6.45, 7) is 17.6. The van der Waals surface area contributed by atoms with Crippen LogP contribution in [-0.4, -0.2) is 251 Å². The van der Waals surface area contributed by atoms with Crippen molar-refractivity contribution in [2.24, 2.45) is 35.3 Å². The number of primary amides is 1. The fraction of sp³-hybridized carbons (Fsp3) is 0.641. The van der Waals surface area contributed by atoms with Gasteiger partial charge < -0.3 is 82.3 Å². The lowest BCUT2D eigenvalue weighted by atomic mass is 9.89. The average molecular weight is 1560 g/mol. The molecule has 0 saturated carbocycles. The molecule has 13 amide bonds. The molecule has 618 valence electrons. The van der Waals surface area contributed by atoms with E-state index in [-0.39, 0.29) is 94.9 Å². The number of imide groups is 1. The van der Waals surface area contributed by atoms with E-state index in [1.165, 1.54) is 55.4 Å². The molecule has 13 atom stereocenters. The minimum absolute atomic E-state index is 0.00843. The van der Waals surface area contributed by atoms with Crippen LogP contribution in [0.4, 0.5) is 15.3 Å². The molecule has 2 aromatic carbocycles. The number of aliphatic carboxylic acids is 2. The van der Waals surface area contributed by atoms with Crippen LogP contribution in [0.15, 0.2) is 66.7 Å². The number of urea groups is 1. The van der Waals surface area contributed by atoms with Crippen LogP contribution < -0.4 is 43.0 Å². The Morgan fingerprint density at radius 3 is 1.81 bits per heavy atom. The molecule has 0 unspecified atom stereocenters. The second-order valence-corrected chi connectivity index (χ2v) is 29.7. The van der Waals surface area contributed by atoms with Crippen LogP contribution in [0.25, 0.3) is 0 Å². The van der Waals surface area contributed by atoms with Gasteiger partial charge in [-0.05, 0) is 105 Å². The molecule has 33 nitrogen and oxygen atoms in total. The number of hydrogen-bond acceptors (Lipinski definition) is 19. The highest BCUT2D eigenvalue weighted by Crippen LogP contribution is 2.31. The number of carbonyl (C=O) groups excluding carboxylic acids is 12. The Morgan fingerprint density at radius 1 is 0.649 bits per heavy atom. The van der Waals surface area contributed by atoms with Gasteiger partial charge in [-0.15, -0.1) is 0 Å². The molecule has 0 aliphatic carbocycles. The monoisotopic (exact) mass is 1560 g/mol. The van der Waals surface area contributed by atoms with Gasteiger partial charge in [0.2, 0.25) is 47.3 Å². The van der Waals surface area contributed by atoms with Crippen LogP contribution in [0, 0.1) is 29.6 Å². The van der Waals surface area contributed by atoms with Gasteiger partial charge in [0, 0.05) is 91.8 Å². The van der Waals surface area contributed by atoms with Gasteiger partial charge in [-0.25, -0.2) is 9.59 Å². The summed E-state index contributed by atoms with van der Waals surface area (Å²) in [5.74, 6) is -10.4. The van der Waals surface area contributed by atoms with Crippen LogP contribution in [0.2, 0.25) is 0 Å². The number of nitrogens with one attached hydrogen (secondary N) is 7. The maximum absolute atomic E-state index is 14.9. The quantitative estimate of drug-likeness (QED) is 0.0326. The number of aliphatic hydroxyl groups excluding tert-OH is 1. The molecule has 2 aliphatic rings. The van der Waals surface area contributed by atoms with Crippen molar-refractivity contribution in [3.8, 4) is 0 Å². The van der Waals surface area contributed by atoms with E-state index in [2.05, 4.69) is 37.2 Å². The normalized spacial score (nSPS) is 16.8. The number of likely N-dealkylation sites (tertiary alicyclic amines) is 1. The average Bonchev–Trinajstić information content (AvgIpc) is 1.80. The number of anilines is 1. The summed E-state index contributed by atoms with van der Waals surface area (Å²) in [5, 5.41) is 49.4. The number of benzene rings is 2. The number of nitrogens with two attached hydrogens (primary N) is 1. The fourth-order valence-corrected chi connectivity index (χ4v) is 13.9. The minimum atomic E-state index is -1.35. The molecule has 0 bridgehead atoms. The van der Waals surface area contributed by atoms with Gasteiger partial charge >= 0.3 is 24.1 Å². The first kappa shape index (κ1) is 93.8. The van der Waals surface area contributed by atoms with Crippen molar-refractivity contribution >= 4 is 88.8 Å². The summed E-state index contributed by atoms with van der Waals surface area (Å²) in [5.41, 5.74) is 6.64. The van der Waals surface area contributed by atoms with Gasteiger partial charge in [0.15, 0.2) is 0 Å². The third kappa shape index (κ3) is 29.5. The molecule has 33 heteroatoms. The standard InChI is InChI=1S/C78H121N13O20/c1-15-49(8)68(58(109-13)44-62(95)90-41-23-27-56(90)70(110-14)50(9)71(101)82-51(10)69(100)53-24-18-16-19-25-53)87(11)76(106)66(47(4)5)86-75(105)67(48(6)7)88(12)78(108)111-45-52-28-30-54(31-29-52)83-72(102)55(26-22-39-81-77(79)107)84-74(104)65(46(2)3)85-73(103)57(89(42-36-63(96)97)43-37-64(98)99)32-33-59(92)80-38-20-17-21-40-91-60(93)34-35-61(91)94/h16,18-19,24-25,28-31,34-35,46-51,55-58,65-70,100H,15,17,20-23,26-27,32-33,36-45H2,1-14H3,(H,80,92)(H,82,101)(H,83,102)(H,84,104)(H,85,103)(H,86,105)(H,96,97)(H,98,99)(H3,79,81,107)/t49-,50+,51+,55-,56-,57-,58+,65-,66-,67-,68-,69+,70+/m0/s1. The molecule has 4 rings (SSSR count). The highest BCUT2D eigenvalue weighted by molar-refractivity contribution is 6.12. The zero-order valence-electron chi connectivity index (χ0n) is 66.8. The number of nitrogens with zero attached hydrogens (tertiary/aromatic N) is 5. The summed E-state index contributed by atoms with van der Waals surface area (Å²) in [4.78, 5) is 193. The first-order valence-corrected chi connectivity index (χ1v) is 38.3. The molecule has 2 heterocycles. The number of carboxylic acids is 2. The number of ether oxygens (including phenoxy) is 3. The van der Waals surface area contributed by atoms with E-state index in [1.54, 1.807) is 104 Å². The van der Waals surface area contributed by atoms with Crippen molar-refractivity contribution in [2.45, 2.75) is 226 Å². The Morgan fingerprint density at radius 2 is 1.25 bits per heavy atom. The Labute approximate surface area is 651 Å². The van der Waals surface area contributed by atoms with Gasteiger partial charge in [-0.2, -0.15) is 0 Å². The highest BCUT2D eigenvalue weighted by Gasteiger charge is 2.45. The summed E-state index contributed by atoms with van der Waals surface area (Å²) in [7, 11) is 6.00. The van der Waals surface area contributed by atoms with E-state index in [0.717, 1.165) is 9.80 Å². The van der Waals surface area contributed by atoms with E-state index < -0.39 is 174 Å². The van der Waals surface area contributed by atoms with Crippen LogP contribution in [0.5, 0.6) is 0 Å². The number of rotatable bonds is 49. The molecule has 0 spiro atoms. The molecule has 0 radical (unpaired) electrons. The number of methoxy groups -OCH3 is 2. The van der Waals surface area contributed by atoms with E-state index in [9.17, 15) is 82.4 Å². The maximum atomic E-state index is 14.9. The Balaban J connectivity index is 1.43. The predicted octanol–water partition coefficient (Wildman–Crippen LogP) is 4.20. The molecule has 2 aliphatic heterocycles. The van der Waals surface area contributed by atoms with Crippen molar-refractivity contribution < 1.29 is 96.7 Å². The number of likely N-dealkylation sites (N-methyl/N-ethyl adjacent to an activating group) is 2. The Bertz CT molecular complexity index is 3440. The predicted molar refractivity (Wildman–Crippen MR) is 411 cm³/mol. The highest BCUT2D eigenvalue weighted by atomic mass is 16.6. The third-order valence-corrected chi connectivity index (χ3v) is 20.4. The number of aliphatic hydroxyl groups is 1. The first-order valence-electron chi connectivity index (χ1n) is 38.3. The number of hydrogen-bond donors (Lipinski definition) is 11. The lowest BCUT2D eigenvalue weighted by molar-refractivity contribution is -0.148. The second-order valence-electron chi connectivity index (χ2n) is 29.7. The second kappa shape index (κ2) is 46.9. The molecule has 111 heavy (non-hydrogen) atoms. The molecule has 0 aromatic heterocycles. The maximum Gasteiger partial charge on any atom is 0.410 e. The Hall–Kier alpha value is -9.60. The lowest BCUT2D eigenvalue weighted by Crippen LogP contribution is -2.60. The fourth-order valence-electron chi connectivity index (χ4n) is 13.9. The van der Waals surface area contributed by atoms with Gasteiger partial charge in [0.05, 0.1) is 67.7 Å². The van der Waals surface area contributed by atoms with E-state index >= 15 is 0 Å². The van der Waals surface area contributed by atoms with Gasteiger partial charge in [-0.1, -0.05) is 111 Å². The number of carbonyl (C=O) groups is 14. The van der Waals surface area contributed by atoms with E-state index in [4.69, 9.17) is 19.9 Å². The van der Waals surface area contributed by atoms with E-state index in [1.807, 2.05) is 19.9 Å². The van der Waals surface area contributed by atoms with Crippen LogP contribution in [-0.2, 0) is 78.4 Å². The topological polar surface area (TPSA) is 454 Å². The SMILES string of the molecule is CC[C@H](C)[C@@H]([C@@H](CC(=O)N1CCC[C@H]1[C@H](OC)[C@@H](C)C(=O)N[C@H](C)[C@@H](O)c1ccccc1)OC)N(C)C(=O)[C@@H](NC(=O)[C@H](C(C)C)N(C)C(=O)OCc1ccc(NC(=O)[C@H](CCCNC(N)=O)NC(=O)[C@@H](NC(=O)[C@H](CCC(=O)NCCCCCN2C(=O)C=CC2=O)N(CCC(=O)O)CCC(=O)O)C(C)C)cc1)C(C)C. The van der Waals surface area contributed by atoms with Gasteiger partial charge in [0.25, 0.3) is 11.8 Å². The third-order valence-electron chi connectivity index (χ3n) is 20.4. The number of carboxylic acid groups (broad SMARTS) is 2. The first-order chi connectivity index (χ1) is 52.5. The van der Waals surface area contributed by atoms with Crippen molar-refractivity contribution in [3.05, 3.63) is 77.9 Å². The Kier molecular flexibility index (Phi) is 39.6. The van der Waals surface area contributed by atoms with Crippen LogP contribution >= 0.6 is 0 Å². The van der Waals surface area contributed by atoms with Crippen molar-refractivity contribution in [1.82, 2.24) is 56.4 Å². The molecular weight excluding hydrogens is 1440 g/mol. The van der Waals surface area contributed by atoms with Gasteiger partial charge in [0.1, 0.15) is 30.8 Å². The summed E-state index contributed by atoms with van der Waals surface area (Å²) in [6, 6.07) is 6.35. The van der Waals surface area contributed by atoms with Crippen molar-refractivity contribution in [1.29, 1.82) is 0 Å². The molecular formula is C78H121N13O20. The number of amides is 13. The zero-order valence-corrected chi connectivity index (χ0v) is 66.8. The van der Waals surface area contributed by atoms with Gasteiger partial charge in [-0.3, -0.25) is 72.2 Å².